The molecule has 0 fully saturated rings. The number of carboxylic acids is 2. The molecule has 124 valence electrons. The minimum absolute atomic E-state index is 0.269. The molecule has 0 bridgehead atoms. The molecule has 0 radical (unpaired) electrons. The van der Waals surface area contributed by atoms with Crippen LogP contribution in [0.4, 0.5) is 0 Å². The zero-order valence-electron chi connectivity index (χ0n) is 12.8. The van der Waals surface area contributed by atoms with E-state index in [4.69, 9.17) is 19.7 Å². The van der Waals surface area contributed by atoms with Gasteiger partial charge in [-0.25, -0.2) is 9.59 Å². The summed E-state index contributed by atoms with van der Waals surface area (Å²) in [5, 5.41) is 17.5. The molecule has 0 unspecified atom stereocenters. The number of aromatic carboxylic acids is 2. The Balaban J connectivity index is 0.000000141. The van der Waals surface area contributed by atoms with E-state index in [-0.39, 0.29) is 11.1 Å². The van der Waals surface area contributed by atoms with Crippen LogP contribution >= 0.6 is 0 Å². The van der Waals surface area contributed by atoms with E-state index in [1.54, 1.807) is 24.3 Å². The Hall–Kier alpha value is -3.02. The van der Waals surface area contributed by atoms with Gasteiger partial charge in [-0.1, -0.05) is 24.3 Å². The number of fused-ring (bicyclic) bond motifs is 2. The monoisotopic (exact) mass is 328 g/mol. The fourth-order valence-electron chi connectivity index (χ4n) is 2.77. The van der Waals surface area contributed by atoms with Crippen LogP contribution in [0.2, 0.25) is 0 Å². The van der Waals surface area contributed by atoms with Crippen molar-refractivity contribution in [3.63, 3.8) is 0 Å². The number of carboxylic acid groups (broad SMARTS) is 2. The lowest BCUT2D eigenvalue weighted by atomic mass is 10.1. The molecule has 24 heavy (non-hydrogen) atoms. The van der Waals surface area contributed by atoms with Gasteiger partial charge in [0.05, 0.1) is 13.2 Å². The van der Waals surface area contributed by atoms with Gasteiger partial charge in [0, 0.05) is 12.8 Å². The van der Waals surface area contributed by atoms with E-state index in [9.17, 15) is 9.59 Å². The Morgan fingerprint density at radius 1 is 0.750 bits per heavy atom. The normalized spacial score (nSPS) is 13.7. The Morgan fingerprint density at radius 2 is 1.17 bits per heavy atom. The van der Waals surface area contributed by atoms with Crippen LogP contribution < -0.4 is 9.47 Å². The van der Waals surface area contributed by atoms with Crippen molar-refractivity contribution in [2.75, 3.05) is 13.2 Å². The van der Waals surface area contributed by atoms with E-state index < -0.39 is 11.9 Å². The largest absolute Gasteiger partial charge is 0.492 e. The first-order chi connectivity index (χ1) is 11.6. The lowest BCUT2D eigenvalue weighted by Crippen LogP contribution is -1.99. The summed E-state index contributed by atoms with van der Waals surface area (Å²) >= 11 is 0. The molecule has 2 aliphatic rings. The van der Waals surface area contributed by atoms with Gasteiger partial charge in [-0.3, -0.25) is 0 Å². The molecular formula is C18H16O6. The van der Waals surface area contributed by atoms with E-state index in [1.807, 2.05) is 12.1 Å². The molecule has 2 aromatic rings. The summed E-state index contributed by atoms with van der Waals surface area (Å²) in [5.74, 6) is -0.752. The molecule has 0 spiro atoms. The molecule has 0 saturated carbocycles. The number of hydrogen-bond acceptors (Lipinski definition) is 4. The van der Waals surface area contributed by atoms with Crippen LogP contribution in [0.15, 0.2) is 36.4 Å². The van der Waals surface area contributed by atoms with Gasteiger partial charge in [-0.05, 0) is 23.3 Å². The maximum Gasteiger partial charge on any atom is 0.339 e. The molecule has 2 aromatic carbocycles. The van der Waals surface area contributed by atoms with Crippen LogP contribution in [0.1, 0.15) is 31.8 Å². The van der Waals surface area contributed by atoms with E-state index in [2.05, 4.69) is 0 Å². The van der Waals surface area contributed by atoms with Gasteiger partial charge in [0.2, 0.25) is 0 Å². The van der Waals surface area contributed by atoms with Crippen LogP contribution in [-0.4, -0.2) is 35.4 Å². The van der Waals surface area contributed by atoms with Crippen LogP contribution in [-0.2, 0) is 12.8 Å². The van der Waals surface area contributed by atoms with Gasteiger partial charge < -0.3 is 19.7 Å². The minimum atomic E-state index is -0.922. The van der Waals surface area contributed by atoms with Gasteiger partial charge in [-0.2, -0.15) is 0 Å². The smallest absolute Gasteiger partial charge is 0.339 e. The third-order valence-corrected chi connectivity index (χ3v) is 3.89. The lowest BCUT2D eigenvalue weighted by molar-refractivity contribution is 0.0682. The molecule has 2 heterocycles. The molecule has 0 amide bonds. The summed E-state index contributed by atoms with van der Waals surface area (Å²) in [4.78, 5) is 21.4. The highest BCUT2D eigenvalue weighted by Crippen LogP contribution is 2.29. The third-order valence-electron chi connectivity index (χ3n) is 3.89. The van der Waals surface area contributed by atoms with Crippen molar-refractivity contribution in [1.29, 1.82) is 0 Å². The van der Waals surface area contributed by atoms with Gasteiger partial charge in [0.25, 0.3) is 0 Å². The van der Waals surface area contributed by atoms with Crippen molar-refractivity contribution in [1.82, 2.24) is 0 Å². The number of para-hydroxylation sites is 2. The van der Waals surface area contributed by atoms with Crippen LogP contribution in [0, 0.1) is 0 Å². The second-order valence-electron chi connectivity index (χ2n) is 5.39. The summed E-state index contributed by atoms with van der Waals surface area (Å²) in [6.07, 6.45) is 1.63. The number of hydrogen-bond donors (Lipinski definition) is 2. The zero-order chi connectivity index (χ0) is 17.1. The second-order valence-corrected chi connectivity index (χ2v) is 5.39. The highest BCUT2D eigenvalue weighted by molar-refractivity contribution is 5.92. The molecule has 2 N–H and O–H groups in total. The summed E-state index contributed by atoms with van der Waals surface area (Å²) in [6.45, 7) is 1.19. The Labute approximate surface area is 138 Å². The molecule has 6 heteroatoms. The summed E-state index contributed by atoms with van der Waals surface area (Å²) in [5.41, 5.74) is 2.53. The number of carbonyl (C=O) groups is 2. The molecule has 6 nitrogen and oxygen atoms in total. The maximum absolute atomic E-state index is 10.7. The molecule has 0 aliphatic carbocycles. The number of rotatable bonds is 2. The van der Waals surface area contributed by atoms with Gasteiger partial charge >= 0.3 is 11.9 Å². The highest BCUT2D eigenvalue weighted by Gasteiger charge is 2.20. The van der Waals surface area contributed by atoms with E-state index in [0.717, 1.165) is 24.0 Å². The standard InChI is InChI=1S/2C9H8O3/c2*10-9(11)7-3-1-2-6-4-5-12-8(6)7/h2*1-3H,4-5H2,(H,10,11). The molecule has 0 atom stereocenters. The molecular weight excluding hydrogens is 312 g/mol. The van der Waals surface area contributed by atoms with Crippen molar-refractivity contribution < 1.29 is 29.3 Å². The van der Waals surface area contributed by atoms with Crippen LogP contribution in [0.3, 0.4) is 0 Å². The van der Waals surface area contributed by atoms with Crippen LogP contribution in [0.5, 0.6) is 11.5 Å². The predicted molar refractivity (Wildman–Crippen MR) is 85.2 cm³/mol. The minimum Gasteiger partial charge on any atom is -0.492 e. The van der Waals surface area contributed by atoms with Gasteiger partial charge in [0.15, 0.2) is 0 Å². The number of ether oxygens (including phenoxy) is 2. The molecule has 2 aliphatic heterocycles. The fourth-order valence-corrected chi connectivity index (χ4v) is 2.77. The Kier molecular flexibility index (Phi) is 4.37. The van der Waals surface area contributed by atoms with Crippen molar-refractivity contribution in [2.45, 2.75) is 12.8 Å². The van der Waals surface area contributed by atoms with E-state index in [1.165, 1.54) is 0 Å². The summed E-state index contributed by atoms with van der Waals surface area (Å²) < 4.78 is 10.4. The van der Waals surface area contributed by atoms with Crippen LogP contribution in [0.25, 0.3) is 0 Å². The molecule has 0 saturated heterocycles. The zero-order valence-corrected chi connectivity index (χ0v) is 12.8. The molecule has 0 aromatic heterocycles. The van der Waals surface area contributed by atoms with Crippen molar-refractivity contribution in [3.05, 3.63) is 58.7 Å². The first-order valence-electron chi connectivity index (χ1n) is 7.54. The highest BCUT2D eigenvalue weighted by atomic mass is 16.5. The van der Waals surface area contributed by atoms with Crippen molar-refractivity contribution in [2.24, 2.45) is 0 Å². The number of benzene rings is 2. The van der Waals surface area contributed by atoms with Crippen molar-refractivity contribution in [3.8, 4) is 11.5 Å². The summed E-state index contributed by atoms with van der Waals surface area (Å²) in [6, 6.07) is 10.4. The fraction of sp³-hybridized carbons (Fsp3) is 0.222. The maximum atomic E-state index is 10.7. The van der Waals surface area contributed by atoms with Crippen molar-refractivity contribution >= 4 is 11.9 Å². The Morgan fingerprint density at radius 3 is 1.54 bits per heavy atom. The average Bonchev–Trinajstić information content (AvgIpc) is 3.23. The second kappa shape index (κ2) is 6.62. The third kappa shape index (κ3) is 3.03. The topological polar surface area (TPSA) is 93.1 Å². The first kappa shape index (κ1) is 15.9. The van der Waals surface area contributed by atoms with E-state index >= 15 is 0 Å². The van der Waals surface area contributed by atoms with E-state index in [0.29, 0.717) is 24.7 Å². The average molecular weight is 328 g/mol. The van der Waals surface area contributed by atoms with Gasteiger partial charge in [-0.15, -0.1) is 0 Å². The first-order valence-corrected chi connectivity index (χ1v) is 7.54. The summed E-state index contributed by atoms with van der Waals surface area (Å²) in [7, 11) is 0. The van der Waals surface area contributed by atoms with Gasteiger partial charge in [0.1, 0.15) is 22.6 Å². The lowest BCUT2D eigenvalue weighted by Gasteiger charge is -2.01. The SMILES string of the molecule is O=C(O)c1cccc2c1OCC2.O=C(O)c1cccc2c1OCC2. The quantitative estimate of drug-likeness (QED) is 0.880. The predicted octanol–water partition coefficient (Wildman–Crippen LogP) is 2.64. The molecule has 4 rings (SSSR count). The Bertz CT molecular complexity index is 729.